The van der Waals surface area contributed by atoms with Crippen LogP contribution in [0.15, 0.2) is 42.1 Å². The number of anilines is 1. The number of aryl methyl sites for hydroxylation is 1. The van der Waals surface area contributed by atoms with Crippen molar-refractivity contribution in [2.75, 3.05) is 25.1 Å². The van der Waals surface area contributed by atoms with Gasteiger partial charge in [-0.15, -0.1) is 0 Å². The molecule has 34 heavy (non-hydrogen) atoms. The zero-order chi connectivity index (χ0) is 24.8. The molecule has 1 fully saturated rings. The lowest BCUT2D eigenvalue weighted by Crippen LogP contribution is -2.38. The van der Waals surface area contributed by atoms with Crippen LogP contribution in [0.3, 0.4) is 0 Å². The van der Waals surface area contributed by atoms with Crippen molar-refractivity contribution in [2.24, 2.45) is 0 Å². The molecule has 3 rings (SSSR count). The number of aliphatic carboxylic acids is 1. The van der Waals surface area contributed by atoms with Crippen LogP contribution in [-0.2, 0) is 14.4 Å². The van der Waals surface area contributed by atoms with Gasteiger partial charge in [-0.3, -0.25) is 9.59 Å². The number of hydrogen-bond donors (Lipinski definition) is 3. The summed E-state index contributed by atoms with van der Waals surface area (Å²) in [5.74, 6) is -1.72. The Morgan fingerprint density at radius 1 is 1.21 bits per heavy atom. The molecule has 2 aromatic carbocycles. The molecule has 1 saturated heterocycles. The Kier molecular flexibility index (Phi) is 8.10. The maximum Gasteiger partial charge on any atom is 0.341 e. The van der Waals surface area contributed by atoms with Crippen LogP contribution in [0.5, 0.6) is 11.5 Å². The fraction of sp³-hybridized carbons (Fsp3) is 0.217. The predicted octanol–water partition coefficient (Wildman–Crippen LogP) is 2.99. The summed E-state index contributed by atoms with van der Waals surface area (Å²) in [4.78, 5) is 49.1. The highest BCUT2D eigenvalue weighted by Gasteiger charge is 2.35. The lowest BCUT2D eigenvalue weighted by Gasteiger charge is -2.14. The van der Waals surface area contributed by atoms with E-state index in [9.17, 15) is 19.2 Å². The monoisotopic (exact) mass is 579 g/mol. The summed E-state index contributed by atoms with van der Waals surface area (Å²) in [6.07, 6.45) is 1.45. The van der Waals surface area contributed by atoms with Gasteiger partial charge in [0.1, 0.15) is 12.2 Å². The second-order valence-corrected chi connectivity index (χ2v) is 8.40. The van der Waals surface area contributed by atoms with Gasteiger partial charge in [0.2, 0.25) is 5.91 Å². The fourth-order valence-electron chi connectivity index (χ4n) is 3.16. The van der Waals surface area contributed by atoms with E-state index in [1.165, 1.54) is 6.08 Å². The molecule has 0 atom stereocenters. The second kappa shape index (κ2) is 11.0. The highest BCUT2D eigenvalue weighted by atomic mass is 127. The lowest BCUT2D eigenvalue weighted by molar-refractivity contribution is -0.139. The first-order chi connectivity index (χ1) is 16.2. The molecule has 0 spiro atoms. The number of benzene rings is 2. The van der Waals surface area contributed by atoms with Crippen LogP contribution in [0.2, 0.25) is 0 Å². The Morgan fingerprint density at radius 2 is 1.97 bits per heavy atom. The van der Waals surface area contributed by atoms with Crippen molar-refractivity contribution < 1.29 is 33.8 Å². The normalized spacial score (nSPS) is 14.2. The van der Waals surface area contributed by atoms with Crippen molar-refractivity contribution in [3.8, 4) is 11.5 Å². The van der Waals surface area contributed by atoms with Crippen molar-refractivity contribution in [1.82, 2.24) is 10.2 Å². The largest absolute Gasteiger partial charge is 0.490 e. The summed E-state index contributed by atoms with van der Waals surface area (Å²) < 4.78 is 11.4. The van der Waals surface area contributed by atoms with Gasteiger partial charge in [0.15, 0.2) is 18.1 Å². The molecule has 3 N–H and O–H groups in total. The first kappa shape index (κ1) is 25.0. The Balaban J connectivity index is 1.77. The molecular formula is C23H22IN3O7. The molecule has 0 aromatic heterocycles. The van der Waals surface area contributed by atoms with Crippen LogP contribution in [0, 0.1) is 10.5 Å². The van der Waals surface area contributed by atoms with Crippen LogP contribution in [-0.4, -0.2) is 53.6 Å². The van der Waals surface area contributed by atoms with Crippen molar-refractivity contribution in [3.63, 3.8) is 0 Å². The summed E-state index contributed by atoms with van der Waals surface area (Å²) >= 11 is 1.96. The molecule has 11 heteroatoms. The fourth-order valence-corrected chi connectivity index (χ4v) is 3.94. The molecule has 0 saturated carbocycles. The molecule has 4 amide bonds. The summed E-state index contributed by atoms with van der Waals surface area (Å²) in [5, 5.41) is 14.0. The van der Waals surface area contributed by atoms with E-state index in [2.05, 4.69) is 10.6 Å². The van der Waals surface area contributed by atoms with Crippen LogP contribution < -0.4 is 20.1 Å². The standard InChI is InChI=1S/C23H22IN3O7/c1-3-33-18-10-14(8-16(24)21(18)34-12-20(29)30)9-17-22(31)27(23(32)26-17)11-19(28)25-15-6-4-5-13(2)7-15/h4-10H,3,11-12H2,1-2H3,(H,25,28)(H,26,32)(H,29,30)/b17-9+. The Bertz CT molecular complexity index is 1180. The molecular weight excluding hydrogens is 557 g/mol. The van der Waals surface area contributed by atoms with Crippen molar-refractivity contribution in [3.05, 3.63) is 56.8 Å². The Morgan fingerprint density at radius 3 is 2.65 bits per heavy atom. The number of carbonyl (C=O) groups is 4. The summed E-state index contributed by atoms with van der Waals surface area (Å²) in [5.41, 5.74) is 2.03. The van der Waals surface area contributed by atoms with Crippen LogP contribution in [0.1, 0.15) is 18.1 Å². The van der Waals surface area contributed by atoms with E-state index in [-0.39, 0.29) is 11.4 Å². The molecule has 1 aliphatic rings. The highest BCUT2D eigenvalue weighted by molar-refractivity contribution is 14.1. The number of nitrogens with one attached hydrogen (secondary N) is 2. The number of nitrogens with zero attached hydrogens (tertiary/aromatic N) is 1. The molecule has 10 nitrogen and oxygen atoms in total. The van der Waals surface area contributed by atoms with Gasteiger partial charge in [-0.05, 0) is 77.9 Å². The molecule has 0 unspecified atom stereocenters. The molecule has 0 bridgehead atoms. The average molecular weight is 579 g/mol. The molecule has 1 heterocycles. The number of rotatable bonds is 9. The number of urea groups is 1. The van der Waals surface area contributed by atoms with Gasteiger partial charge in [-0.25, -0.2) is 14.5 Å². The first-order valence-corrected chi connectivity index (χ1v) is 11.3. The summed E-state index contributed by atoms with van der Waals surface area (Å²) in [6, 6.07) is 9.67. The molecule has 0 aliphatic carbocycles. The number of carboxylic acids is 1. The van der Waals surface area contributed by atoms with Gasteiger partial charge in [-0.2, -0.15) is 0 Å². The van der Waals surface area contributed by atoms with Crippen molar-refractivity contribution in [1.29, 1.82) is 0 Å². The third-order valence-electron chi connectivity index (χ3n) is 4.55. The van der Waals surface area contributed by atoms with Crippen LogP contribution in [0.4, 0.5) is 10.5 Å². The van der Waals surface area contributed by atoms with Crippen molar-refractivity contribution in [2.45, 2.75) is 13.8 Å². The van der Waals surface area contributed by atoms with Gasteiger partial charge in [-0.1, -0.05) is 12.1 Å². The van der Waals surface area contributed by atoms with E-state index in [0.29, 0.717) is 27.2 Å². The van der Waals surface area contributed by atoms with Gasteiger partial charge < -0.3 is 25.2 Å². The average Bonchev–Trinajstić information content (AvgIpc) is 3.00. The summed E-state index contributed by atoms with van der Waals surface area (Å²) in [7, 11) is 0. The smallest absolute Gasteiger partial charge is 0.341 e. The van der Waals surface area contributed by atoms with Gasteiger partial charge in [0, 0.05) is 5.69 Å². The van der Waals surface area contributed by atoms with E-state index in [1.807, 2.05) is 35.6 Å². The van der Waals surface area contributed by atoms with E-state index < -0.39 is 37.0 Å². The minimum atomic E-state index is -1.13. The molecule has 178 valence electrons. The number of carboxylic acid groups (broad SMARTS) is 1. The maximum atomic E-state index is 12.8. The number of hydrogen-bond acceptors (Lipinski definition) is 6. The minimum absolute atomic E-state index is 0.00851. The third-order valence-corrected chi connectivity index (χ3v) is 5.35. The van der Waals surface area contributed by atoms with Crippen molar-refractivity contribution >= 4 is 58.2 Å². The third kappa shape index (κ3) is 6.25. The van der Waals surface area contributed by atoms with E-state index >= 15 is 0 Å². The quantitative estimate of drug-likeness (QED) is 0.236. The highest BCUT2D eigenvalue weighted by Crippen LogP contribution is 2.35. The lowest BCUT2D eigenvalue weighted by atomic mass is 10.1. The van der Waals surface area contributed by atoms with Gasteiger partial charge in [0.05, 0.1) is 10.2 Å². The topological polar surface area (TPSA) is 134 Å². The molecule has 0 radical (unpaired) electrons. The zero-order valence-electron chi connectivity index (χ0n) is 18.4. The summed E-state index contributed by atoms with van der Waals surface area (Å²) in [6.45, 7) is 2.97. The SMILES string of the molecule is CCOc1cc(/C=C2/NC(=O)N(CC(=O)Nc3cccc(C)c3)C2=O)cc(I)c1OCC(=O)O. The zero-order valence-corrected chi connectivity index (χ0v) is 20.5. The number of amides is 4. The van der Waals surface area contributed by atoms with E-state index in [0.717, 1.165) is 10.5 Å². The Hall–Kier alpha value is -3.61. The predicted molar refractivity (Wildman–Crippen MR) is 131 cm³/mol. The molecule has 2 aromatic rings. The Labute approximate surface area is 209 Å². The number of halogens is 1. The maximum absolute atomic E-state index is 12.8. The first-order valence-electron chi connectivity index (χ1n) is 10.2. The van der Waals surface area contributed by atoms with E-state index in [1.54, 1.807) is 37.3 Å². The number of carbonyl (C=O) groups excluding carboxylic acids is 3. The molecule has 1 aliphatic heterocycles. The minimum Gasteiger partial charge on any atom is -0.490 e. The van der Waals surface area contributed by atoms with Gasteiger partial charge in [0.25, 0.3) is 5.91 Å². The number of imide groups is 1. The number of ether oxygens (including phenoxy) is 2. The second-order valence-electron chi connectivity index (χ2n) is 7.24. The van der Waals surface area contributed by atoms with Crippen LogP contribution >= 0.6 is 22.6 Å². The van der Waals surface area contributed by atoms with Crippen LogP contribution in [0.25, 0.3) is 6.08 Å². The van der Waals surface area contributed by atoms with Gasteiger partial charge >= 0.3 is 12.0 Å². The van der Waals surface area contributed by atoms with E-state index in [4.69, 9.17) is 14.6 Å².